The zero-order valence-corrected chi connectivity index (χ0v) is 20.3. The van der Waals surface area contributed by atoms with Crippen molar-refractivity contribution in [2.45, 2.75) is 45.1 Å². The summed E-state index contributed by atoms with van der Waals surface area (Å²) in [6, 6.07) is 9.50. The summed E-state index contributed by atoms with van der Waals surface area (Å²) in [5, 5.41) is 12.8. The molecule has 1 fully saturated rings. The molecule has 10 nitrogen and oxygen atoms in total. The van der Waals surface area contributed by atoms with Gasteiger partial charge in [0.15, 0.2) is 29.3 Å². The second-order valence-corrected chi connectivity index (χ2v) is 8.58. The molecule has 2 aromatic rings. The summed E-state index contributed by atoms with van der Waals surface area (Å²) in [6.45, 7) is 6.10. The van der Waals surface area contributed by atoms with E-state index < -0.39 is 42.0 Å². The first kappa shape index (κ1) is 26.2. The van der Waals surface area contributed by atoms with Crippen LogP contribution in [0.25, 0.3) is 0 Å². The molecule has 1 aliphatic rings. The number of aromatic hydroxyl groups is 1. The highest BCUT2D eigenvalue weighted by Crippen LogP contribution is 2.27. The van der Waals surface area contributed by atoms with Gasteiger partial charge in [0, 0.05) is 18.9 Å². The maximum Gasteiger partial charge on any atom is 0.331 e. The standard InChI is InChI=1S/C25H32N2O8/c1-15(2)12-33-23-16(3)34-25(30)18(13-32-14-20(23)35-17-8-6-5-7-9-17)27-24(29)21-22(28)19(31-4)10-11-26-21/h5-11,15-16,18,20,23,28H,12-14H2,1-4H3,(H,27,29)/t16-,18-,20-,23-/m0/s1. The highest BCUT2D eigenvalue weighted by atomic mass is 16.6. The van der Waals surface area contributed by atoms with E-state index in [0.29, 0.717) is 12.4 Å². The SMILES string of the molecule is COc1ccnc(C(=O)N[C@H]2COC[C@H](Oc3ccccc3)[C@@H](OCC(C)C)[C@H](C)OC2=O)c1O. The number of benzene rings is 1. The third-order valence-corrected chi connectivity index (χ3v) is 5.26. The average molecular weight is 489 g/mol. The fraction of sp³-hybridized carbons (Fsp3) is 0.480. The quantitative estimate of drug-likeness (QED) is 0.539. The van der Waals surface area contributed by atoms with Crippen LogP contribution in [0.5, 0.6) is 17.2 Å². The molecular formula is C25H32N2O8. The summed E-state index contributed by atoms with van der Waals surface area (Å²) < 4.78 is 28.7. The summed E-state index contributed by atoms with van der Waals surface area (Å²) in [5.41, 5.74) is -0.284. The van der Waals surface area contributed by atoms with Gasteiger partial charge in [0.05, 0.1) is 20.3 Å². The number of cyclic esters (lactones) is 1. The van der Waals surface area contributed by atoms with Crippen LogP contribution in [-0.2, 0) is 19.0 Å². The van der Waals surface area contributed by atoms with E-state index in [4.69, 9.17) is 23.7 Å². The molecule has 10 heteroatoms. The molecule has 0 radical (unpaired) electrons. The smallest absolute Gasteiger partial charge is 0.331 e. The maximum atomic E-state index is 12.9. The Bertz CT molecular complexity index is 985. The molecule has 1 aromatic heterocycles. The average Bonchev–Trinajstić information content (AvgIpc) is 2.87. The van der Waals surface area contributed by atoms with Gasteiger partial charge in [-0.2, -0.15) is 0 Å². The number of amides is 1. The number of hydrogen-bond acceptors (Lipinski definition) is 9. The predicted molar refractivity (Wildman–Crippen MR) is 126 cm³/mol. The fourth-order valence-electron chi connectivity index (χ4n) is 3.52. The van der Waals surface area contributed by atoms with E-state index in [9.17, 15) is 14.7 Å². The topological polar surface area (TPSA) is 125 Å². The molecule has 0 bridgehead atoms. The van der Waals surface area contributed by atoms with E-state index in [1.54, 1.807) is 6.92 Å². The molecule has 1 aromatic carbocycles. The van der Waals surface area contributed by atoms with E-state index in [1.807, 2.05) is 44.2 Å². The van der Waals surface area contributed by atoms with Crippen LogP contribution in [0.1, 0.15) is 31.3 Å². The Kier molecular flexibility index (Phi) is 9.27. The van der Waals surface area contributed by atoms with Gasteiger partial charge in [0.1, 0.15) is 18.0 Å². The predicted octanol–water partition coefficient (Wildman–Crippen LogP) is 2.34. The maximum absolute atomic E-state index is 12.9. The summed E-state index contributed by atoms with van der Waals surface area (Å²) in [4.78, 5) is 29.6. The largest absolute Gasteiger partial charge is 0.503 e. The Morgan fingerprint density at radius 1 is 1.23 bits per heavy atom. The van der Waals surface area contributed by atoms with Gasteiger partial charge in [0.2, 0.25) is 0 Å². The minimum Gasteiger partial charge on any atom is -0.503 e. The van der Waals surface area contributed by atoms with Crippen molar-refractivity contribution in [3.05, 3.63) is 48.3 Å². The van der Waals surface area contributed by atoms with E-state index in [-0.39, 0.29) is 30.6 Å². The first-order valence-corrected chi connectivity index (χ1v) is 11.4. The number of esters is 1. The number of para-hydroxylation sites is 1. The third kappa shape index (κ3) is 7.06. The number of nitrogens with zero attached hydrogens (tertiary/aromatic N) is 1. The Labute approximate surface area is 204 Å². The summed E-state index contributed by atoms with van der Waals surface area (Å²) >= 11 is 0. The molecular weight excluding hydrogens is 456 g/mol. The normalized spacial score (nSPS) is 22.9. The number of methoxy groups -OCH3 is 1. The lowest BCUT2D eigenvalue weighted by molar-refractivity contribution is -0.163. The Morgan fingerprint density at radius 3 is 2.66 bits per heavy atom. The lowest BCUT2D eigenvalue weighted by atomic mass is 10.1. The molecule has 0 spiro atoms. The van der Waals surface area contributed by atoms with Crippen LogP contribution < -0.4 is 14.8 Å². The van der Waals surface area contributed by atoms with Crippen LogP contribution in [0, 0.1) is 5.92 Å². The van der Waals surface area contributed by atoms with Crippen molar-refractivity contribution in [2.24, 2.45) is 5.92 Å². The van der Waals surface area contributed by atoms with Crippen LogP contribution in [0.15, 0.2) is 42.6 Å². The van der Waals surface area contributed by atoms with Gasteiger partial charge in [-0.3, -0.25) is 4.79 Å². The van der Waals surface area contributed by atoms with Gasteiger partial charge in [-0.15, -0.1) is 0 Å². The summed E-state index contributed by atoms with van der Waals surface area (Å²) in [7, 11) is 1.35. The van der Waals surface area contributed by atoms with Gasteiger partial charge in [-0.05, 0) is 25.0 Å². The monoisotopic (exact) mass is 488 g/mol. The van der Waals surface area contributed by atoms with Gasteiger partial charge in [0.25, 0.3) is 5.91 Å². The lowest BCUT2D eigenvalue weighted by Crippen LogP contribution is -2.47. The van der Waals surface area contributed by atoms with Crippen LogP contribution in [0.3, 0.4) is 0 Å². The van der Waals surface area contributed by atoms with Crippen molar-refractivity contribution in [2.75, 3.05) is 26.9 Å². The first-order valence-electron chi connectivity index (χ1n) is 11.4. The molecule has 1 saturated heterocycles. The second-order valence-electron chi connectivity index (χ2n) is 8.58. The molecule has 1 aliphatic heterocycles. The number of ether oxygens (including phenoxy) is 5. The first-order chi connectivity index (χ1) is 16.8. The lowest BCUT2D eigenvalue weighted by Gasteiger charge is -2.31. The molecule has 190 valence electrons. The number of pyridine rings is 1. The van der Waals surface area contributed by atoms with E-state index >= 15 is 0 Å². The van der Waals surface area contributed by atoms with E-state index in [1.165, 1.54) is 19.4 Å². The molecule has 35 heavy (non-hydrogen) atoms. The number of nitrogens with one attached hydrogen (secondary N) is 1. The van der Waals surface area contributed by atoms with E-state index in [2.05, 4.69) is 10.3 Å². The van der Waals surface area contributed by atoms with Gasteiger partial charge < -0.3 is 34.1 Å². The molecule has 0 unspecified atom stereocenters. The summed E-state index contributed by atoms with van der Waals surface area (Å²) in [6.07, 6.45) is -0.563. The fourth-order valence-corrected chi connectivity index (χ4v) is 3.52. The number of carbonyl (C=O) groups excluding carboxylic acids is 2. The van der Waals surface area contributed by atoms with Crippen molar-refractivity contribution >= 4 is 11.9 Å². The van der Waals surface area contributed by atoms with Crippen molar-refractivity contribution in [3.63, 3.8) is 0 Å². The van der Waals surface area contributed by atoms with Gasteiger partial charge >= 0.3 is 5.97 Å². The Hall–Kier alpha value is -3.37. The molecule has 0 saturated carbocycles. The number of aromatic nitrogens is 1. The van der Waals surface area contributed by atoms with Crippen molar-refractivity contribution in [1.29, 1.82) is 0 Å². The van der Waals surface area contributed by atoms with Crippen molar-refractivity contribution in [3.8, 4) is 17.2 Å². The van der Waals surface area contributed by atoms with Crippen molar-refractivity contribution < 1.29 is 38.4 Å². The van der Waals surface area contributed by atoms with Gasteiger partial charge in [-0.1, -0.05) is 32.0 Å². The van der Waals surface area contributed by atoms with Crippen LogP contribution in [0.4, 0.5) is 0 Å². The second kappa shape index (κ2) is 12.4. The minimum atomic E-state index is -1.14. The van der Waals surface area contributed by atoms with Crippen LogP contribution in [-0.4, -0.2) is 73.3 Å². The zero-order chi connectivity index (χ0) is 25.4. The van der Waals surface area contributed by atoms with Crippen molar-refractivity contribution in [1.82, 2.24) is 10.3 Å². The number of rotatable bonds is 8. The summed E-state index contributed by atoms with van der Waals surface area (Å²) in [5.74, 6) is -0.953. The Morgan fingerprint density at radius 2 is 1.97 bits per heavy atom. The van der Waals surface area contributed by atoms with Crippen LogP contribution >= 0.6 is 0 Å². The molecule has 3 rings (SSSR count). The zero-order valence-electron chi connectivity index (χ0n) is 20.3. The number of carbonyl (C=O) groups is 2. The third-order valence-electron chi connectivity index (χ3n) is 5.26. The van der Waals surface area contributed by atoms with Gasteiger partial charge in [-0.25, -0.2) is 9.78 Å². The number of hydrogen-bond donors (Lipinski definition) is 2. The molecule has 2 heterocycles. The highest BCUT2D eigenvalue weighted by Gasteiger charge is 2.37. The minimum absolute atomic E-state index is 0.0816. The van der Waals surface area contributed by atoms with Crippen LogP contribution in [0.2, 0.25) is 0 Å². The highest BCUT2D eigenvalue weighted by molar-refractivity contribution is 5.98. The molecule has 1 amide bonds. The Balaban J connectivity index is 1.77. The van der Waals surface area contributed by atoms with E-state index in [0.717, 1.165) is 0 Å². The molecule has 0 aliphatic carbocycles. The molecule has 2 N–H and O–H groups in total. The molecule has 4 atom stereocenters.